The van der Waals surface area contributed by atoms with E-state index in [-0.39, 0.29) is 18.5 Å². The van der Waals surface area contributed by atoms with Crippen molar-refractivity contribution in [3.8, 4) is 11.3 Å². The van der Waals surface area contributed by atoms with Crippen molar-refractivity contribution < 1.29 is 9.50 Å². The van der Waals surface area contributed by atoms with Gasteiger partial charge in [0.25, 0.3) is 0 Å². The lowest BCUT2D eigenvalue weighted by molar-refractivity contribution is 0.185. The molecule has 1 atom stereocenters. The van der Waals surface area contributed by atoms with Gasteiger partial charge in [-0.15, -0.1) is 16.4 Å². The Kier molecular flexibility index (Phi) is 6.92. The summed E-state index contributed by atoms with van der Waals surface area (Å²) in [5.41, 5.74) is 3.40. The molecule has 0 radical (unpaired) electrons. The first-order valence-electron chi connectivity index (χ1n) is 11.5. The van der Waals surface area contributed by atoms with Crippen molar-refractivity contribution in [1.82, 2.24) is 23.9 Å². The van der Waals surface area contributed by atoms with Crippen LogP contribution >= 0.6 is 23.3 Å². The van der Waals surface area contributed by atoms with E-state index in [2.05, 4.69) is 16.1 Å². The maximum atomic E-state index is 13.3. The van der Waals surface area contributed by atoms with E-state index in [0.29, 0.717) is 6.54 Å². The van der Waals surface area contributed by atoms with Gasteiger partial charge in [0.05, 0.1) is 24.0 Å². The molecule has 8 nitrogen and oxygen atoms in total. The standard InChI is InChI=1S/C24H28FN7OS2/c1-4-19-23(29(2)24-27-20(15-35-24)16-5-7-17(25)8-6-16)32-21(26-19)9-10-22(28-32)30-11-12-31(34-3)18(13-30)14-33/h5-10,15,18,33H,4,11-14H2,1-3H3/t18-/m0/s1. The second-order valence-corrected chi connectivity index (χ2v) is 10.1. The Morgan fingerprint density at radius 1 is 1.17 bits per heavy atom. The Morgan fingerprint density at radius 2 is 1.97 bits per heavy atom. The van der Waals surface area contributed by atoms with Gasteiger partial charge in [0.1, 0.15) is 11.6 Å². The third kappa shape index (κ3) is 4.61. The highest BCUT2D eigenvalue weighted by Crippen LogP contribution is 2.34. The quantitative estimate of drug-likeness (QED) is 0.371. The molecule has 35 heavy (non-hydrogen) atoms. The van der Waals surface area contributed by atoms with Gasteiger partial charge >= 0.3 is 0 Å². The first-order valence-corrected chi connectivity index (χ1v) is 13.6. The number of imidazole rings is 1. The zero-order valence-electron chi connectivity index (χ0n) is 19.9. The number of rotatable bonds is 7. The average molecular weight is 514 g/mol. The number of aryl methyl sites for hydroxylation is 1. The number of piperazine rings is 1. The van der Waals surface area contributed by atoms with Gasteiger partial charge in [0.15, 0.2) is 16.6 Å². The molecule has 0 amide bonds. The molecular formula is C24H28FN7OS2. The normalized spacial score (nSPS) is 16.8. The summed E-state index contributed by atoms with van der Waals surface area (Å²) in [6, 6.07) is 10.4. The number of aliphatic hydroxyl groups excluding tert-OH is 1. The van der Waals surface area contributed by atoms with Crippen LogP contribution in [0.15, 0.2) is 41.8 Å². The van der Waals surface area contributed by atoms with E-state index in [1.165, 1.54) is 23.5 Å². The molecule has 0 saturated carbocycles. The minimum atomic E-state index is -0.262. The second-order valence-electron chi connectivity index (χ2n) is 8.38. The summed E-state index contributed by atoms with van der Waals surface area (Å²) >= 11 is 3.20. The van der Waals surface area contributed by atoms with Crippen LogP contribution in [0.4, 0.5) is 21.2 Å². The fourth-order valence-electron chi connectivity index (χ4n) is 4.40. The fourth-order valence-corrected chi connectivity index (χ4v) is 5.89. The number of hydrogen-bond acceptors (Lipinski definition) is 9. The van der Waals surface area contributed by atoms with Crippen LogP contribution in [0.5, 0.6) is 0 Å². The first kappa shape index (κ1) is 24.0. The minimum Gasteiger partial charge on any atom is -0.395 e. The van der Waals surface area contributed by atoms with E-state index >= 15 is 0 Å². The molecule has 0 bridgehead atoms. The van der Waals surface area contributed by atoms with Gasteiger partial charge in [-0.25, -0.2) is 18.7 Å². The lowest BCUT2D eigenvalue weighted by atomic mass is 10.2. The Morgan fingerprint density at radius 3 is 2.69 bits per heavy atom. The first-order chi connectivity index (χ1) is 17.0. The maximum absolute atomic E-state index is 13.3. The molecule has 1 aliphatic rings. The number of hydrogen-bond donors (Lipinski definition) is 1. The zero-order chi connectivity index (χ0) is 24.5. The molecular weight excluding hydrogens is 485 g/mol. The number of anilines is 3. The highest BCUT2D eigenvalue weighted by Gasteiger charge is 2.28. The summed E-state index contributed by atoms with van der Waals surface area (Å²) in [5, 5.41) is 17.6. The molecule has 3 aromatic heterocycles. The molecule has 1 fully saturated rings. The summed E-state index contributed by atoms with van der Waals surface area (Å²) < 4.78 is 17.5. The van der Waals surface area contributed by atoms with Crippen molar-refractivity contribution in [2.45, 2.75) is 19.4 Å². The zero-order valence-corrected chi connectivity index (χ0v) is 21.6. The number of fused-ring (bicyclic) bond motifs is 1. The molecule has 1 saturated heterocycles. The number of benzene rings is 1. The molecule has 1 aliphatic heterocycles. The SMILES string of the molecule is CCc1nc2ccc(N3CCN(SC)[C@H](CO)C3)nn2c1N(C)c1nc(-c2ccc(F)cc2)cs1. The van der Waals surface area contributed by atoms with Crippen LogP contribution in [-0.4, -0.2) is 74.6 Å². The highest BCUT2D eigenvalue weighted by molar-refractivity contribution is 7.96. The molecule has 1 aromatic carbocycles. The Bertz CT molecular complexity index is 1310. The summed E-state index contributed by atoms with van der Waals surface area (Å²) in [6.45, 7) is 4.60. The summed E-state index contributed by atoms with van der Waals surface area (Å²) in [4.78, 5) is 13.9. The predicted molar refractivity (Wildman–Crippen MR) is 141 cm³/mol. The van der Waals surface area contributed by atoms with Crippen molar-refractivity contribution in [3.05, 3.63) is 53.3 Å². The highest BCUT2D eigenvalue weighted by atomic mass is 32.2. The number of aromatic nitrogens is 4. The molecule has 11 heteroatoms. The number of halogens is 1. The number of nitrogens with zero attached hydrogens (tertiary/aromatic N) is 7. The van der Waals surface area contributed by atoms with Crippen LogP contribution < -0.4 is 9.80 Å². The summed E-state index contributed by atoms with van der Waals surface area (Å²) in [6.07, 6.45) is 2.80. The predicted octanol–water partition coefficient (Wildman–Crippen LogP) is 4.08. The number of thiazole rings is 1. The van der Waals surface area contributed by atoms with Crippen molar-refractivity contribution in [3.63, 3.8) is 0 Å². The molecule has 4 aromatic rings. The third-order valence-corrected chi connectivity index (χ3v) is 8.15. The van der Waals surface area contributed by atoms with E-state index in [0.717, 1.165) is 58.9 Å². The Labute approximate surface area is 212 Å². The van der Waals surface area contributed by atoms with Gasteiger partial charge in [-0.3, -0.25) is 0 Å². The Hall–Kier alpha value is -2.73. The van der Waals surface area contributed by atoms with Crippen molar-refractivity contribution in [2.24, 2.45) is 0 Å². The van der Waals surface area contributed by atoms with Crippen molar-refractivity contribution in [1.29, 1.82) is 0 Å². The van der Waals surface area contributed by atoms with Crippen molar-refractivity contribution in [2.75, 3.05) is 49.3 Å². The van der Waals surface area contributed by atoms with Gasteiger partial charge in [-0.1, -0.05) is 18.9 Å². The molecule has 0 unspecified atom stereocenters. The minimum absolute atomic E-state index is 0.0626. The average Bonchev–Trinajstić information content (AvgIpc) is 3.53. The van der Waals surface area contributed by atoms with Gasteiger partial charge in [-0.2, -0.15) is 4.52 Å². The van der Waals surface area contributed by atoms with Crippen molar-refractivity contribution >= 4 is 45.7 Å². The Balaban J connectivity index is 1.48. The van der Waals surface area contributed by atoms with Crippen LogP contribution in [0.25, 0.3) is 16.9 Å². The van der Waals surface area contributed by atoms with E-state index < -0.39 is 0 Å². The fraction of sp³-hybridized carbons (Fsp3) is 0.375. The number of aliphatic hydroxyl groups is 1. The van der Waals surface area contributed by atoms with Gasteiger partial charge in [0.2, 0.25) is 0 Å². The van der Waals surface area contributed by atoms with Gasteiger partial charge in [0, 0.05) is 37.6 Å². The van der Waals surface area contributed by atoms with E-state index in [9.17, 15) is 9.50 Å². The van der Waals surface area contributed by atoms with Crippen LogP contribution in [0.1, 0.15) is 12.6 Å². The lowest BCUT2D eigenvalue weighted by Gasteiger charge is -2.39. The summed E-state index contributed by atoms with van der Waals surface area (Å²) in [7, 11) is 1.98. The van der Waals surface area contributed by atoms with E-state index in [1.807, 2.05) is 40.2 Å². The van der Waals surface area contributed by atoms with Crippen LogP contribution in [-0.2, 0) is 6.42 Å². The second kappa shape index (κ2) is 10.1. The molecule has 0 aliphatic carbocycles. The van der Waals surface area contributed by atoms with E-state index in [4.69, 9.17) is 15.1 Å². The molecule has 1 N–H and O–H groups in total. The third-order valence-electron chi connectivity index (χ3n) is 6.28. The summed E-state index contributed by atoms with van der Waals surface area (Å²) in [5.74, 6) is 1.48. The smallest absolute Gasteiger partial charge is 0.191 e. The van der Waals surface area contributed by atoms with Gasteiger partial charge in [-0.05, 0) is 49.1 Å². The molecule has 4 heterocycles. The maximum Gasteiger partial charge on any atom is 0.191 e. The molecule has 0 spiro atoms. The van der Waals surface area contributed by atoms with E-state index in [1.54, 1.807) is 24.1 Å². The van der Waals surface area contributed by atoms with Crippen LogP contribution in [0.3, 0.4) is 0 Å². The molecule has 5 rings (SSSR count). The monoisotopic (exact) mass is 513 g/mol. The molecule has 184 valence electrons. The largest absolute Gasteiger partial charge is 0.395 e. The van der Waals surface area contributed by atoms with Crippen LogP contribution in [0, 0.1) is 5.82 Å². The van der Waals surface area contributed by atoms with Gasteiger partial charge < -0.3 is 14.9 Å². The topological polar surface area (TPSA) is 73.0 Å². The van der Waals surface area contributed by atoms with Crippen LogP contribution in [0.2, 0.25) is 0 Å². The lowest BCUT2D eigenvalue weighted by Crippen LogP contribution is -2.52.